The molecule has 0 atom stereocenters. The molecule has 2 rings (SSSR count). The SMILES string of the molecule is CC(=NOc1ccc(C)cc1)c1cc(Cl)ccc1NS(=O)(=O)C(F)(F)F. The molecule has 0 aliphatic carbocycles. The van der Waals surface area contributed by atoms with Gasteiger partial charge in [0.1, 0.15) is 0 Å². The third-order valence-electron chi connectivity index (χ3n) is 3.23. The van der Waals surface area contributed by atoms with Gasteiger partial charge in [-0.05, 0) is 44.2 Å². The smallest absolute Gasteiger partial charge is 0.357 e. The van der Waals surface area contributed by atoms with Crippen LogP contribution in [0.4, 0.5) is 18.9 Å². The molecular formula is C16H14ClF3N2O3S. The van der Waals surface area contributed by atoms with E-state index < -0.39 is 15.5 Å². The molecule has 0 bridgehead atoms. The quantitative estimate of drug-likeness (QED) is 0.577. The summed E-state index contributed by atoms with van der Waals surface area (Å²) >= 11 is 5.86. The Bertz CT molecular complexity index is 927. The van der Waals surface area contributed by atoms with Crippen LogP contribution in [-0.2, 0) is 10.0 Å². The van der Waals surface area contributed by atoms with Gasteiger partial charge >= 0.3 is 15.5 Å². The van der Waals surface area contributed by atoms with Crippen LogP contribution in [0.15, 0.2) is 47.6 Å². The zero-order valence-corrected chi connectivity index (χ0v) is 15.2. The highest BCUT2D eigenvalue weighted by molar-refractivity contribution is 7.93. The largest absolute Gasteiger partial charge is 0.516 e. The minimum absolute atomic E-state index is 0.0532. The first-order valence-corrected chi connectivity index (χ1v) is 9.03. The average Bonchev–Trinajstić information content (AvgIpc) is 2.54. The number of anilines is 1. The van der Waals surface area contributed by atoms with E-state index in [2.05, 4.69) is 5.16 Å². The van der Waals surface area contributed by atoms with Gasteiger partial charge in [0.25, 0.3) is 0 Å². The number of oxime groups is 1. The molecule has 0 radical (unpaired) electrons. The topological polar surface area (TPSA) is 67.8 Å². The molecule has 10 heteroatoms. The maximum absolute atomic E-state index is 12.6. The second kappa shape index (κ2) is 7.55. The summed E-state index contributed by atoms with van der Waals surface area (Å²) in [5, 5.41) is 4.02. The Kier molecular flexibility index (Phi) is 5.82. The van der Waals surface area contributed by atoms with Crippen molar-refractivity contribution in [2.45, 2.75) is 19.4 Å². The van der Waals surface area contributed by atoms with Crippen LogP contribution in [0, 0.1) is 6.92 Å². The van der Waals surface area contributed by atoms with E-state index in [1.54, 1.807) is 24.3 Å². The number of sulfonamides is 1. The van der Waals surface area contributed by atoms with Crippen LogP contribution in [0.2, 0.25) is 5.02 Å². The molecule has 0 aromatic heterocycles. The molecule has 0 aliphatic rings. The van der Waals surface area contributed by atoms with Gasteiger partial charge in [-0.1, -0.05) is 34.5 Å². The zero-order chi connectivity index (χ0) is 19.5. The zero-order valence-electron chi connectivity index (χ0n) is 13.6. The number of nitrogens with zero attached hydrogens (tertiary/aromatic N) is 1. The van der Waals surface area contributed by atoms with Crippen molar-refractivity contribution in [3.05, 3.63) is 58.6 Å². The fourth-order valence-corrected chi connectivity index (χ4v) is 2.63. The Hall–Kier alpha value is -2.26. The maximum atomic E-state index is 12.6. The monoisotopic (exact) mass is 406 g/mol. The van der Waals surface area contributed by atoms with Crippen molar-refractivity contribution in [2.75, 3.05) is 4.72 Å². The first-order chi connectivity index (χ1) is 12.0. The van der Waals surface area contributed by atoms with E-state index in [1.807, 2.05) is 6.92 Å². The molecule has 140 valence electrons. The van der Waals surface area contributed by atoms with Gasteiger partial charge in [-0.15, -0.1) is 0 Å². The van der Waals surface area contributed by atoms with Gasteiger partial charge in [0, 0.05) is 10.6 Å². The number of halogens is 4. The summed E-state index contributed by atoms with van der Waals surface area (Å²) in [6.45, 7) is 3.34. The number of benzene rings is 2. The van der Waals surface area contributed by atoms with E-state index in [0.717, 1.165) is 11.6 Å². The first kappa shape index (κ1) is 20.1. The number of alkyl halides is 3. The van der Waals surface area contributed by atoms with Crippen LogP contribution >= 0.6 is 11.6 Å². The summed E-state index contributed by atoms with van der Waals surface area (Å²) in [5.41, 5.74) is -4.57. The van der Waals surface area contributed by atoms with Crippen molar-refractivity contribution in [1.29, 1.82) is 0 Å². The number of aryl methyl sites for hydroxylation is 1. The molecule has 0 fully saturated rings. The fourth-order valence-electron chi connectivity index (χ4n) is 1.88. The predicted molar refractivity (Wildman–Crippen MR) is 94.1 cm³/mol. The second-order valence-corrected chi connectivity index (χ2v) is 7.43. The molecule has 0 aliphatic heterocycles. The number of hydrogen-bond donors (Lipinski definition) is 1. The highest BCUT2D eigenvalue weighted by Crippen LogP contribution is 2.29. The molecule has 0 saturated carbocycles. The third kappa shape index (κ3) is 4.89. The maximum Gasteiger partial charge on any atom is 0.516 e. The minimum Gasteiger partial charge on any atom is -0.357 e. The molecule has 2 aromatic rings. The Labute approximate surface area is 153 Å². The van der Waals surface area contributed by atoms with E-state index in [4.69, 9.17) is 16.4 Å². The van der Waals surface area contributed by atoms with Crippen LogP contribution < -0.4 is 9.56 Å². The number of nitrogens with one attached hydrogen (secondary N) is 1. The lowest BCUT2D eigenvalue weighted by molar-refractivity contribution is -0.0429. The fraction of sp³-hybridized carbons (Fsp3) is 0.188. The second-order valence-electron chi connectivity index (χ2n) is 5.32. The lowest BCUT2D eigenvalue weighted by atomic mass is 10.1. The molecule has 26 heavy (non-hydrogen) atoms. The molecule has 0 unspecified atom stereocenters. The Morgan fingerprint density at radius 3 is 2.35 bits per heavy atom. The summed E-state index contributed by atoms with van der Waals surface area (Å²) in [5.74, 6) is 0.411. The molecule has 0 heterocycles. The molecule has 5 nitrogen and oxygen atoms in total. The van der Waals surface area contributed by atoms with Crippen LogP contribution in [0.5, 0.6) is 5.75 Å². The number of hydrogen-bond acceptors (Lipinski definition) is 4. The summed E-state index contributed by atoms with van der Waals surface area (Å²) < 4.78 is 62.0. The van der Waals surface area contributed by atoms with E-state index in [9.17, 15) is 21.6 Å². The highest BCUT2D eigenvalue weighted by Gasteiger charge is 2.46. The molecule has 0 spiro atoms. The Morgan fingerprint density at radius 1 is 1.15 bits per heavy atom. The predicted octanol–water partition coefficient (Wildman–Crippen LogP) is 4.71. The molecule has 2 aromatic carbocycles. The van der Waals surface area contributed by atoms with E-state index >= 15 is 0 Å². The molecule has 0 amide bonds. The van der Waals surface area contributed by atoms with Crippen LogP contribution in [0.1, 0.15) is 18.1 Å². The van der Waals surface area contributed by atoms with Gasteiger partial charge in [0.05, 0.1) is 11.4 Å². The van der Waals surface area contributed by atoms with Gasteiger partial charge in [-0.3, -0.25) is 4.72 Å². The van der Waals surface area contributed by atoms with Crippen LogP contribution in [-0.4, -0.2) is 19.6 Å². The lowest BCUT2D eigenvalue weighted by Crippen LogP contribution is -2.30. The van der Waals surface area contributed by atoms with Crippen molar-refractivity contribution in [3.63, 3.8) is 0 Å². The van der Waals surface area contributed by atoms with Gasteiger partial charge < -0.3 is 4.84 Å². The normalized spacial score (nSPS) is 12.8. The van der Waals surface area contributed by atoms with Crippen molar-refractivity contribution in [2.24, 2.45) is 5.16 Å². The van der Waals surface area contributed by atoms with Crippen molar-refractivity contribution < 1.29 is 26.4 Å². The highest BCUT2D eigenvalue weighted by atomic mass is 35.5. The van der Waals surface area contributed by atoms with Gasteiger partial charge in [-0.25, -0.2) is 0 Å². The summed E-state index contributed by atoms with van der Waals surface area (Å²) in [6, 6.07) is 10.6. The first-order valence-electron chi connectivity index (χ1n) is 7.17. The standard InChI is InChI=1S/C16H14ClF3N2O3S/c1-10-3-6-13(7-4-10)25-21-11(2)14-9-12(17)5-8-15(14)22-26(23,24)16(18,19)20/h3-9,22H,1-2H3. The molecule has 1 N–H and O–H groups in total. The molecular weight excluding hydrogens is 393 g/mol. The van der Waals surface area contributed by atoms with Crippen molar-refractivity contribution >= 4 is 33.0 Å². The van der Waals surface area contributed by atoms with Gasteiger partial charge in [0.2, 0.25) is 0 Å². The van der Waals surface area contributed by atoms with E-state index in [0.29, 0.717) is 5.75 Å². The summed E-state index contributed by atoms with van der Waals surface area (Å²) in [7, 11) is -5.58. The van der Waals surface area contributed by atoms with Gasteiger partial charge in [0.15, 0.2) is 5.75 Å². The number of rotatable bonds is 5. The summed E-state index contributed by atoms with van der Waals surface area (Å²) in [6.07, 6.45) is 0. The van der Waals surface area contributed by atoms with E-state index in [-0.39, 0.29) is 22.0 Å². The van der Waals surface area contributed by atoms with Crippen molar-refractivity contribution in [1.82, 2.24) is 0 Å². The third-order valence-corrected chi connectivity index (χ3v) is 4.56. The lowest BCUT2D eigenvalue weighted by Gasteiger charge is -2.14. The average molecular weight is 407 g/mol. The van der Waals surface area contributed by atoms with Gasteiger partial charge in [-0.2, -0.15) is 21.6 Å². The van der Waals surface area contributed by atoms with Crippen LogP contribution in [0.3, 0.4) is 0 Å². The molecule has 0 saturated heterocycles. The minimum atomic E-state index is -5.58. The summed E-state index contributed by atoms with van der Waals surface area (Å²) in [4.78, 5) is 5.21. The van der Waals surface area contributed by atoms with Crippen LogP contribution in [0.25, 0.3) is 0 Å². The Morgan fingerprint density at radius 2 is 1.77 bits per heavy atom. The van der Waals surface area contributed by atoms with E-state index in [1.165, 1.54) is 23.8 Å². The Balaban J connectivity index is 2.34. The van der Waals surface area contributed by atoms with Crippen molar-refractivity contribution in [3.8, 4) is 5.75 Å².